The predicted octanol–water partition coefficient (Wildman–Crippen LogP) is 2.62. The Bertz CT molecular complexity index is 446. The topological polar surface area (TPSA) is 46.2 Å². The van der Waals surface area contributed by atoms with Gasteiger partial charge in [0.25, 0.3) is 5.91 Å². The van der Waals surface area contributed by atoms with Crippen LogP contribution in [0.15, 0.2) is 24.3 Å². The molecule has 0 saturated carbocycles. The number of rotatable bonds is 6. The molecule has 0 unspecified atom stereocenters. The monoisotopic (exact) mass is 261 g/mol. The van der Waals surface area contributed by atoms with Crippen LogP contribution >= 0.6 is 0 Å². The van der Waals surface area contributed by atoms with Crippen LogP contribution in [0.25, 0.3) is 0 Å². The second-order valence-corrected chi connectivity index (χ2v) is 5.57. The Hall–Kier alpha value is -1.64. The Kier molecular flexibility index (Phi) is 5.28. The van der Waals surface area contributed by atoms with Gasteiger partial charge >= 0.3 is 0 Å². The lowest BCUT2D eigenvalue weighted by Gasteiger charge is -2.25. The molecule has 1 aromatic carbocycles. The van der Waals surface area contributed by atoms with E-state index >= 15 is 0 Å². The summed E-state index contributed by atoms with van der Waals surface area (Å²) in [4.78, 5) is 22.2. The maximum absolute atomic E-state index is 11.3. The predicted molar refractivity (Wildman–Crippen MR) is 77.2 cm³/mol. The van der Waals surface area contributed by atoms with Crippen molar-refractivity contribution in [2.45, 2.75) is 46.0 Å². The molecule has 0 heterocycles. The van der Waals surface area contributed by atoms with E-state index in [9.17, 15) is 9.59 Å². The third kappa shape index (κ3) is 4.51. The first-order valence-electron chi connectivity index (χ1n) is 6.75. The average Bonchev–Trinajstić information content (AvgIpc) is 2.37. The summed E-state index contributed by atoms with van der Waals surface area (Å²) in [5.74, 6) is -0.968. The quantitative estimate of drug-likeness (QED) is 0.800. The van der Waals surface area contributed by atoms with E-state index in [0.717, 1.165) is 18.4 Å². The summed E-state index contributed by atoms with van der Waals surface area (Å²) < 4.78 is 0. The summed E-state index contributed by atoms with van der Waals surface area (Å²) in [6.45, 7) is 8.01. The Morgan fingerprint density at radius 2 is 1.74 bits per heavy atom. The van der Waals surface area contributed by atoms with Gasteiger partial charge in [0.15, 0.2) is 0 Å². The fraction of sp³-hybridized carbons (Fsp3) is 0.500. The minimum Gasteiger partial charge on any atom is -0.349 e. The highest BCUT2D eigenvalue weighted by molar-refractivity contribution is 6.35. The van der Waals surface area contributed by atoms with Crippen LogP contribution in [0.4, 0.5) is 0 Å². The van der Waals surface area contributed by atoms with Crippen molar-refractivity contribution in [3.05, 3.63) is 35.4 Å². The van der Waals surface area contributed by atoms with E-state index in [1.807, 2.05) is 0 Å². The SMILES string of the molecule is CCCc1ccc(C(C)(C)CNC(=O)C(C)=O)cc1. The lowest BCUT2D eigenvalue weighted by atomic mass is 9.84. The van der Waals surface area contributed by atoms with Crippen molar-refractivity contribution < 1.29 is 9.59 Å². The van der Waals surface area contributed by atoms with E-state index in [2.05, 4.69) is 50.4 Å². The highest BCUT2D eigenvalue weighted by Crippen LogP contribution is 2.23. The third-order valence-corrected chi connectivity index (χ3v) is 3.28. The number of carbonyl (C=O) groups excluding carboxylic acids is 2. The first-order valence-corrected chi connectivity index (χ1v) is 6.75. The molecule has 1 rings (SSSR count). The number of ketones is 1. The number of hydrogen-bond acceptors (Lipinski definition) is 2. The van der Waals surface area contributed by atoms with Gasteiger partial charge in [0.1, 0.15) is 0 Å². The average molecular weight is 261 g/mol. The summed E-state index contributed by atoms with van der Waals surface area (Å²) >= 11 is 0. The molecule has 0 radical (unpaired) electrons. The number of benzene rings is 1. The van der Waals surface area contributed by atoms with Crippen molar-refractivity contribution in [3.8, 4) is 0 Å². The Morgan fingerprint density at radius 1 is 1.16 bits per heavy atom. The molecule has 104 valence electrons. The van der Waals surface area contributed by atoms with Crippen molar-refractivity contribution in [2.75, 3.05) is 6.54 Å². The van der Waals surface area contributed by atoms with Crippen molar-refractivity contribution in [3.63, 3.8) is 0 Å². The third-order valence-electron chi connectivity index (χ3n) is 3.28. The van der Waals surface area contributed by atoms with Crippen LogP contribution in [-0.4, -0.2) is 18.2 Å². The number of nitrogens with one attached hydrogen (secondary N) is 1. The Morgan fingerprint density at radius 3 is 2.21 bits per heavy atom. The molecule has 0 fully saturated rings. The number of aryl methyl sites for hydroxylation is 1. The number of amides is 1. The molecule has 0 aliphatic carbocycles. The Balaban J connectivity index is 2.70. The van der Waals surface area contributed by atoms with Crippen molar-refractivity contribution in [1.82, 2.24) is 5.32 Å². The zero-order chi connectivity index (χ0) is 14.5. The molecule has 0 saturated heterocycles. The highest BCUT2D eigenvalue weighted by atomic mass is 16.2. The molecule has 3 nitrogen and oxygen atoms in total. The number of carbonyl (C=O) groups is 2. The largest absolute Gasteiger partial charge is 0.349 e. The van der Waals surface area contributed by atoms with E-state index in [1.165, 1.54) is 12.5 Å². The fourth-order valence-corrected chi connectivity index (χ4v) is 1.94. The normalized spacial score (nSPS) is 11.2. The van der Waals surface area contributed by atoms with Gasteiger partial charge in [0.2, 0.25) is 5.78 Å². The molecular weight excluding hydrogens is 238 g/mol. The van der Waals surface area contributed by atoms with E-state index in [1.54, 1.807) is 0 Å². The van der Waals surface area contributed by atoms with E-state index in [-0.39, 0.29) is 5.41 Å². The summed E-state index contributed by atoms with van der Waals surface area (Å²) in [5.41, 5.74) is 2.31. The smallest absolute Gasteiger partial charge is 0.287 e. The van der Waals surface area contributed by atoms with Crippen LogP contribution in [0, 0.1) is 0 Å². The van der Waals surface area contributed by atoms with Crippen molar-refractivity contribution in [2.24, 2.45) is 0 Å². The summed E-state index contributed by atoms with van der Waals surface area (Å²) in [6.07, 6.45) is 2.22. The zero-order valence-electron chi connectivity index (χ0n) is 12.2. The van der Waals surface area contributed by atoms with Gasteiger partial charge in [-0.05, 0) is 17.5 Å². The minimum atomic E-state index is -0.518. The summed E-state index contributed by atoms with van der Waals surface area (Å²) in [5, 5.41) is 2.67. The fourth-order valence-electron chi connectivity index (χ4n) is 1.94. The molecule has 1 amide bonds. The van der Waals surface area contributed by atoms with Crippen LogP contribution in [0.1, 0.15) is 45.2 Å². The molecule has 0 spiro atoms. The van der Waals surface area contributed by atoms with Crippen molar-refractivity contribution in [1.29, 1.82) is 0 Å². The maximum atomic E-state index is 11.3. The van der Waals surface area contributed by atoms with Crippen LogP contribution < -0.4 is 5.32 Å². The standard InChI is InChI=1S/C16H23NO2/c1-5-6-13-7-9-14(10-8-13)16(3,4)11-17-15(19)12(2)18/h7-10H,5-6,11H2,1-4H3,(H,17,19). The van der Waals surface area contributed by atoms with Gasteiger partial charge in [0.05, 0.1) is 0 Å². The molecule has 0 bridgehead atoms. The lowest BCUT2D eigenvalue weighted by Crippen LogP contribution is -2.39. The van der Waals surface area contributed by atoms with Gasteiger partial charge in [-0.3, -0.25) is 9.59 Å². The van der Waals surface area contributed by atoms with Gasteiger partial charge in [-0.25, -0.2) is 0 Å². The van der Waals surface area contributed by atoms with Gasteiger partial charge in [-0.15, -0.1) is 0 Å². The van der Waals surface area contributed by atoms with Gasteiger partial charge in [-0.2, -0.15) is 0 Å². The molecule has 19 heavy (non-hydrogen) atoms. The number of Topliss-reactive ketones (excluding diaryl/α,β-unsaturated/α-hetero) is 1. The molecular formula is C16H23NO2. The lowest BCUT2D eigenvalue weighted by molar-refractivity contribution is -0.136. The second-order valence-electron chi connectivity index (χ2n) is 5.57. The van der Waals surface area contributed by atoms with Crippen molar-refractivity contribution >= 4 is 11.7 Å². The zero-order valence-corrected chi connectivity index (χ0v) is 12.2. The second kappa shape index (κ2) is 6.50. The maximum Gasteiger partial charge on any atom is 0.287 e. The van der Waals surface area contributed by atoms with E-state index in [4.69, 9.17) is 0 Å². The van der Waals surface area contributed by atoms with Crippen LogP contribution in [0.3, 0.4) is 0 Å². The highest BCUT2D eigenvalue weighted by Gasteiger charge is 2.22. The molecule has 1 aromatic rings. The molecule has 0 aliphatic heterocycles. The van der Waals surface area contributed by atoms with Gasteiger partial charge in [-0.1, -0.05) is 51.5 Å². The van der Waals surface area contributed by atoms with Crippen LogP contribution in [-0.2, 0) is 21.4 Å². The summed E-state index contributed by atoms with van der Waals surface area (Å²) in [6, 6.07) is 8.47. The van der Waals surface area contributed by atoms with Gasteiger partial charge < -0.3 is 5.32 Å². The molecule has 0 aromatic heterocycles. The Labute approximate surface area is 115 Å². The first kappa shape index (κ1) is 15.4. The molecule has 1 N–H and O–H groups in total. The number of hydrogen-bond donors (Lipinski definition) is 1. The van der Waals surface area contributed by atoms with E-state index < -0.39 is 11.7 Å². The molecule has 0 atom stereocenters. The first-order chi connectivity index (χ1) is 8.86. The van der Waals surface area contributed by atoms with Crippen LogP contribution in [0.2, 0.25) is 0 Å². The minimum absolute atomic E-state index is 0.185. The molecule has 0 aliphatic rings. The summed E-state index contributed by atoms with van der Waals surface area (Å²) in [7, 11) is 0. The van der Waals surface area contributed by atoms with Gasteiger partial charge in [0, 0.05) is 18.9 Å². The van der Waals surface area contributed by atoms with E-state index in [0.29, 0.717) is 6.54 Å². The van der Waals surface area contributed by atoms with Crippen LogP contribution in [0.5, 0.6) is 0 Å². The molecule has 3 heteroatoms.